The number of halogens is 2. The molecule has 116 valence electrons. The highest BCUT2D eigenvalue weighted by molar-refractivity contribution is 5.66. The van der Waals surface area contributed by atoms with Crippen molar-refractivity contribution in [3.63, 3.8) is 0 Å². The summed E-state index contributed by atoms with van der Waals surface area (Å²) in [5.74, 6) is 0.923. The zero-order valence-electron chi connectivity index (χ0n) is 12.8. The second-order valence-electron chi connectivity index (χ2n) is 6.37. The fourth-order valence-corrected chi connectivity index (χ4v) is 3.31. The van der Waals surface area contributed by atoms with E-state index in [9.17, 15) is 8.87 Å². The van der Waals surface area contributed by atoms with Crippen molar-refractivity contribution in [3.8, 4) is 11.1 Å². The Labute approximate surface area is 130 Å². The molecule has 0 radical (unpaired) electrons. The van der Waals surface area contributed by atoms with E-state index in [1.807, 2.05) is 12.1 Å². The molecular weight excluding hydrogens is 280 g/mol. The molecule has 1 fully saturated rings. The largest absolute Gasteiger partial charge is 0.222 e. The highest BCUT2D eigenvalue weighted by atomic mass is 19.2. The van der Waals surface area contributed by atoms with E-state index >= 15 is 0 Å². The van der Waals surface area contributed by atoms with E-state index in [1.165, 1.54) is 48.9 Å². The van der Waals surface area contributed by atoms with Crippen molar-refractivity contribution >= 4 is 5.69 Å². The standard InChI is InChI=1S/C19H21F2N/c1-13-2-4-14(5-3-13)15-6-8-16(9-7-15)17-10-11-19(22-21)18(20)12-17/h6-14,22H,2-5H2,1H3. The summed E-state index contributed by atoms with van der Waals surface area (Å²) in [7, 11) is 0. The third-order valence-corrected chi connectivity index (χ3v) is 4.80. The molecule has 1 aliphatic carbocycles. The van der Waals surface area contributed by atoms with Crippen LogP contribution in [0.1, 0.15) is 44.1 Å². The van der Waals surface area contributed by atoms with Gasteiger partial charge in [-0.25, -0.2) is 9.93 Å². The maximum atomic E-state index is 13.6. The topological polar surface area (TPSA) is 12.0 Å². The monoisotopic (exact) mass is 301 g/mol. The minimum atomic E-state index is -0.578. The molecule has 0 saturated heterocycles. The summed E-state index contributed by atoms with van der Waals surface area (Å²) in [6.07, 6.45) is 5.11. The van der Waals surface area contributed by atoms with Crippen LogP contribution in [-0.4, -0.2) is 0 Å². The number of anilines is 1. The van der Waals surface area contributed by atoms with Gasteiger partial charge in [-0.15, -0.1) is 4.48 Å². The molecule has 2 aromatic carbocycles. The molecule has 0 spiro atoms. The molecule has 3 rings (SSSR count). The van der Waals surface area contributed by atoms with Gasteiger partial charge >= 0.3 is 0 Å². The average Bonchev–Trinajstić information content (AvgIpc) is 2.56. The van der Waals surface area contributed by atoms with Crippen LogP contribution in [0.3, 0.4) is 0 Å². The minimum absolute atomic E-state index is 0.128. The normalized spacial score (nSPS) is 21.6. The fraction of sp³-hybridized carbons (Fsp3) is 0.368. The Hall–Kier alpha value is -1.90. The average molecular weight is 301 g/mol. The lowest BCUT2D eigenvalue weighted by Crippen LogP contribution is -2.10. The predicted octanol–water partition coefficient (Wildman–Crippen LogP) is 6.08. The molecule has 0 amide bonds. The summed E-state index contributed by atoms with van der Waals surface area (Å²) in [4.78, 5) is 0. The van der Waals surface area contributed by atoms with Gasteiger partial charge in [0.2, 0.25) is 0 Å². The Balaban J connectivity index is 1.78. The van der Waals surface area contributed by atoms with E-state index in [2.05, 4.69) is 19.1 Å². The van der Waals surface area contributed by atoms with Gasteiger partial charge in [0.25, 0.3) is 0 Å². The van der Waals surface area contributed by atoms with Crippen LogP contribution in [-0.2, 0) is 0 Å². The molecule has 0 aromatic heterocycles. The first-order chi connectivity index (χ1) is 10.7. The van der Waals surface area contributed by atoms with E-state index in [0.29, 0.717) is 5.92 Å². The molecular formula is C19H21F2N. The molecule has 1 nitrogen and oxygen atoms in total. The van der Waals surface area contributed by atoms with Crippen LogP contribution < -0.4 is 5.54 Å². The Morgan fingerprint density at radius 1 is 0.909 bits per heavy atom. The molecule has 1 saturated carbocycles. The van der Waals surface area contributed by atoms with Crippen molar-refractivity contribution < 1.29 is 8.87 Å². The second kappa shape index (κ2) is 6.47. The van der Waals surface area contributed by atoms with Gasteiger partial charge in [-0.3, -0.25) is 0 Å². The Bertz CT molecular complexity index is 628. The first-order valence-corrected chi connectivity index (χ1v) is 7.94. The lowest BCUT2D eigenvalue weighted by Gasteiger charge is -2.26. The van der Waals surface area contributed by atoms with Gasteiger partial charge < -0.3 is 0 Å². The number of nitrogens with one attached hydrogen (secondary N) is 1. The van der Waals surface area contributed by atoms with Gasteiger partial charge in [0.1, 0.15) is 11.5 Å². The van der Waals surface area contributed by atoms with Crippen LogP contribution in [0.25, 0.3) is 11.1 Å². The van der Waals surface area contributed by atoms with Gasteiger partial charge in [0.15, 0.2) is 0 Å². The van der Waals surface area contributed by atoms with E-state index in [-0.39, 0.29) is 5.69 Å². The number of hydrogen-bond donors (Lipinski definition) is 1. The molecule has 0 bridgehead atoms. The third-order valence-electron chi connectivity index (χ3n) is 4.80. The molecule has 0 unspecified atom stereocenters. The number of benzene rings is 2. The maximum Gasteiger partial charge on any atom is 0.149 e. The fourth-order valence-electron chi connectivity index (χ4n) is 3.31. The molecule has 1 N–H and O–H groups in total. The molecule has 3 heteroatoms. The van der Waals surface area contributed by atoms with Crippen molar-refractivity contribution in [2.24, 2.45) is 5.92 Å². The summed E-state index contributed by atoms with van der Waals surface area (Å²) in [6.45, 7) is 2.32. The van der Waals surface area contributed by atoms with Crippen LogP contribution in [0.2, 0.25) is 0 Å². The van der Waals surface area contributed by atoms with E-state index in [4.69, 9.17) is 0 Å². The van der Waals surface area contributed by atoms with Crippen LogP contribution in [0.4, 0.5) is 14.6 Å². The predicted molar refractivity (Wildman–Crippen MR) is 86.9 cm³/mol. The summed E-state index contributed by atoms with van der Waals surface area (Å²) < 4.78 is 26.0. The molecule has 0 aliphatic heterocycles. The minimum Gasteiger partial charge on any atom is -0.222 e. The zero-order chi connectivity index (χ0) is 15.5. The summed E-state index contributed by atoms with van der Waals surface area (Å²) in [5.41, 5.74) is 4.32. The van der Waals surface area contributed by atoms with Gasteiger partial charge in [-0.1, -0.05) is 50.1 Å². The molecule has 1 aliphatic rings. The lowest BCUT2D eigenvalue weighted by molar-refractivity contribution is 0.348. The van der Waals surface area contributed by atoms with Crippen molar-refractivity contribution in [3.05, 3.63) is 53.8 Å². The highest BCUT2D eigenvalue weighted by Gasteiger charge is 2.19. The smallest absolute Gasteiger partial charge is 0.149 e. The quantitative estimate of drug-likeness (QED) is 0.677. The van der Waals surface area contributed by atoms with Crippen molar-refractivity contribution in [1.29, 1.82) is 0 Å². The van der Waals surface area contributed by atoms with Crippen LogP contribution >= 0.6 is 0 Å². The maximum absolute atomic E-state index is 13.6. The molecule has 22 heavy (non-hydrogen) atoms. The van der Waals surface area contributed by atoms with E-state index in [0.717, 1.165) is 17.0 Å². The van der Waals surface area contributed by atoms with Gasteiger partial charge in [0.05, 0.1) is 0 Å². The SMILES string of the molecule is CC1CCC(c2ccc(-c3ccc(NF)c(F)c3)cc2)CC1. The Kier molecular flexibility index (Phi) is 4.41. The molecule has 0 heterocycles. The number of hydrogen-bond acceptors (Lipinski definition) is 1. The van der Waals surface area contributed by atoms with Crippen molar-refractivity contribution in [2.45, 2.75) is 38.5 Å². The molecule has 2 aromatic rings. The summed E-state index contributed by atoms with van der Waals surface area (Å²) in [5, 5.41) is 0. The zero-order valence-corrected chi connectivity index (χ0v) is 12.8. The summed E-state index contributed by atoms with van der Waals surface area (Å²) in [6, 6.07) is 12.9. The third kappa shape index (κ3) is 3.13. The van der Waals surface area contributed by atoms with Gasteiger partial charge in [-0.2, -0.15) is 0 Å². The van der Waals surface area contributed by atoms with Crippen molar-refractivity contribution in [2.75, 3.05) is 5.54 Å². The Morgan fingerprint density at radius 3 is 2.14 bits per heavy atom. The van der Waals surface area contributed by atoms with Crippen LogP contribution in [0.15, 0.2) is 42.5 Å². The van der Waals surface area contributed by atoms with Gasteiger partial charge in [0, 0.05) is 0 Å². The summed E-state index contributed by atoms with van der Waals surface area (Å²) >= 11 is 0. The molecule has 0 atom stereocenters. The van der Waals surface area contributed by atoms with E-state index < -0.39 is 5.82 Å². The second-order valence-corrected chi connectivity index (χ2v) is 6.37. The first kappa shape index (κ1) is 15.0. The number of rotatable bonds is 3. The van der Waals surface area contributed by atoms with Crippen molar-refractivity contribution in [1.82, 2.24) is 0 Å². The van der Waals surface area contributed by atoms with Crippen LogP contribution in [0.5, 0.6) is 0 Å². The van der Waals surface area contributed by atoms with E-state index in [1.54, 1.807) is 6.07 Å². The van der Waals surface area contributed by atoms with Gasteiger partial charge in [-0.05, 0) is 53.5 Å². The highest BCUT2D eigenvalue weighted by Crippen LogP contribution is 2.36. The van der Waals surface area contributed by atoms with Crippen LogP contribution in [0, 0.1) is 11.7 Å². The lowest BCUT2D eigenvalue weighted by atomic mass is 9.79. The first-order valence-electron chi connectivity index (χ1n) is 7.94. The Morgan fingerprint density at radius 2 is 1.55 bits per heavy atom.